The van der Waals surface area contributed by atoms with Crippen LogP contribution in [-0.4, -0.2) is 18.9 Å². The largest absolute Gasteiger partial charge is 0.469 e. The minimum absolute atomic E-state index is 0.0932. The maximum atomic E-state index is 11.8. The van der Waals surface area contributed by atoms with Gasteiger partial charge in [-0.05, 0) is 18.8 Å². The Labute approximate surface area is 104 Å². The van der Waals surface area contributed by atoms with E-state index in [9.17, 15) is 9.59 Å². The first-order chi connectivity index (χ1) is 8.11. The Balaban J connectivity index is 2.57. The average molecular weight is 240 g/mol. The number of rotatable bonds is 6. The van der Waals surface area contributed by atoms with Crippen LogP contribution in [0.15, 0.2) is 0 Å². The lowest BCUT2D eigenvalue weighted by Crippen LogP contribution is -2.27. The van der Waals surface area contributed by atoms with E-state index in [2.05, 4.69) is 6.92 Å². The molecule has 0 bridgehead atoms. The monoisotopic (exact) mass is 240 g/mol. The van der Waals surface area contributed by atoms with Crippen molar-refractivity contribution in [2.75, 3.05) is 7.11 Å². The first-order valence-corrected chi connectivity index (χ1v) is 6.72. The van der Waals surface area contributed by atoms with Crippen molar-refractivity contribution < 1.29 is 14.3 Å². The Morgan fingerprint density at radius 2 is 2.18 bits per heavy atom. The van der Waals surface area contributed by atoms with Crippen LogP contribution in [0.3, 0.4) is 0 Å². The topological polar surface area (TPSA) is 43.4 Å². The van der Waals surface area contributed by atoms with Crippen LogP contribution in [0.1, 0.15) is 52.4 Å². The van der Waals surface area contributed by atoms with Gasteiger partial charge in [-0.15, -0.1) is 0 Å². The van der Waals surface area contributed by atoms with E-state index in [-0.39, 0.29) is 23.7 Å². The van der Waals surface area contributed by atoms with Gasteiger partial charge in [-0.25, -0.2) is 0 Å². The number of ketones is 1. The number of esters is 1. The van der Waals surface area contributed by atoms with Crippen LogP contribution in [0.25, 0.3) is 0 Å². The standard InChI is InChI=1S/C14H24O3/c1-4-5-6-7-12-11(8-9-13(12)15)10(2)14(16)17-3/h10-12H,4-9H2,1-3H3. The molecule has 3 unspecified atom stereocenters. The molecule has 0 amide bonds. The van der Waals surface area contributed by atoms with Crippen LogP contribution in [-0.2, 0) is 14.3 Å². The van der Waals surface area contributed by atoms with Gasteiger partial charge in [0.25, 0.3) is 0 Å². The van der Waals surface area contributed by atoms with Gasteiger partial charge >= 0.3 is 5.97 Å². The van der Waals surface area contributed by atoms with Crippen LogP contribution >= 0.6 is 0 Å². The van der Waals surface area contributed by atoms with Gasteiger partial charge in [0, 0.05) is 12.3 Å². The van der Waals surface area contributed by atoms with Crippen molar-refractivity contribution in [2.24, 2.45) is 17.8 Å². The minimum atomic E-state index is -0.176. The molecule has 0 aromatic rings. The maximum absolute atomic E-state index is 11.8. The molecule has 17 heavy (non-hydrogen) atoms. The van der Waals surface area contributed by atoms with Crippen molar-refractivity contribution in [1.82, 2.24) is 0 Å². The van der Waals surface area contributed by atoms with E-state index in [0.717, 1.165) is 25.7 Å². The molecule has 0 radical (unpaired) electrons. The Morgan fingerprint density at radius 3 is 2.76 bits per heavy atom. The molecule has 0 N–H and O–H groups in total. The summed E-state index contributed by atoms with van der Waals surface area (Å²) < 4.78 is 4.78. The third-order valence-electron chi connectivity index (χ3n) is 3.99. The molecule has 0 aromatic heterocycles. The number of carbonyl (C=O) groups excluding carboxylic acids is 2. The summed E-state index contributed by atoms with van der Waals surface area (Å²) in [5.41, 5.74) is 0. The summed E-state index contributed by atoms with van der Waals surface area (Å²) in [6.07, 6.45) is 5.87. The molecule has 1 saturated carbocycles. The van der Waals surface area contributed by atoms with Crippen molar-refractivity contribution in [1.29, 1.82) is 0 Å². The fourth-order valence-electron chi connectivity index (χ4n) is 2.88. The summed E-state index contributed by atoms with van der Waals surface area (Å²) in [6, 6.07) is 0. The molecule has 0 aliphatic heterocycles. The zero-order valence-electron chi connectivity index (χ0n) is 11.2. The highest BCUT2D eigenvalue weighted by Gasteiger charge is 2.39. The lowest BCUT2D eigenvalue weighted by molar-refractivity contribution is -0.147. The summed E-state index contributed by atoms with van der Waals surface area (Å²) in [6.45, 7) is 4.05. The normalized spacial score (nSPS) is 25.9. The molecule has 0 aromatic carbocycles. The fraction of sp³-hybridized carbons (Fsp3) is 0.857. The van der Waals surface area contributed by atoms with Crippen LogP contribution in [0.2, 0.25) is 0 Å². The lowest BCUT2D eigenvalue weighted by Gasteiger charge is -2.22. The van der Waals surface area contributed by atoms with E-state index >= 15 is 0 Å². The number of unbranched alkanes of at least 4 members (excludes halogenated alkanes) is 2. The van der Waals surface area contributed by atoms with E-state index in [1.165, 1.54) is 13.5 Å². The second kappa shape index (κ2) is 6.77. The summed E-state index contributed by atoms with van der Waals surface area (Å²) in [7, 11) is 1.42. The molecule has 98 valence electrons. The third kappa shape index (κ3) is 3.55. The smallest absolute Gasteiger partial charge is 0.308 e. The predicted octanol–water partition coefficient (Wildman–Crippen LogP) is 2.97. The van der Waals surface area contributed by atoms with Crippen LogP contribution in [0, 0.1) is 17.8 Å². The first-order valence-electron chi connectivity index (χ1n) is 6.72. The van der Waals surface area contributed by atoms with E-state index in [1.54, 1.807) is 0 Å². The van der Waals surface area contributed by atoms with Crippen molar-refractivity contribution in [3.05, 3.63) is 0 Å². The predicted molar refractivity (Wildman–Crippen MR) is 66.5 cm³/mol. The van der Waals surface area contributed by atoms with Crippen molar-refractivity contribution >= 4 is 11.8 Å². The van der Waals surface area contributed by atoms with E-state index in [1.807, 2.05) is 6.92 Å². The molecule has 1 fully saturated rings. The van der Waals surface area contributed by atoms with Gasteiger partial charge < -0.3 is 4.74 Å². The van der Waals surface area contributed by atoms with Gasteiger partial charge in [-0.3, -0.25) is 9.59 Å². The summed E-state index contributed by atoms with van der Waals surface area (Å²) in [5.74, 6) is 0.326. The summed E-state index contributed by atoms with van der Waals surface area (Å²) in [5, 5.41) is 0. The van der Waals surface area contributed by atoms with Crippen LogP contribution in [0.5, 0.6) is 0 Å². The first kappa shape index (κ1) is 14.2. The lowest BCUT2D eigenvalue weighted by atomic mass is 9.82. The summed E-state index contributed by atoms with van der Waals surface area (Å²) >= 11 is 0. The quantitative estimate of drug-likeness (QED) is 0.529. The average Bonchev–Trinajstić information content (AvgIpc) is 2.69. The van der Waals surface area contributed by atoms with E-state index < -0.39 is 0 Å². The van der Waals surface area contributed by atoms with Crippen molar-refractivity contribution in [3.8, 4) is 0 Å². The van der Waals surface area contributed by atoms with Crippen molar-refractivity contribution in [3.63, 3.8) is 0 Å². The molecule has 0 heterocycles. The minimum Gasteiger partial charge on any atom is -0.469 e. The SMILES string of the molecule is CCCCCC1C(=O)CCC1C(C)C(=O)OC. The number of ether oxygens (including phenoxy) is 1. The second-order valence-electron chi connectivity index (χ2n) is 5.08. The molecular weight excluding hydrogens is 216 g/mol. The number of hydrogen-bond donors (Lipinski definition) is 0. The third-order valence-corrected chi connectivity index (χ3v) is 3.99. The molecule has 1 aliphatic carbocycles. The highest BCUT2D eigenvalue weighted by Crippen LogP contribution is 2.38. The summed E-state index contributed by atoms with van der Waals surface area (Å²) in [4.78, 5) is 23.4. The van der Waals surface area contributed by atoms with Crippen molar-refractivity contribution in [2.45, 2.75) is 52.4 Å². The highest BCUT2D eigenvalue weighted by molar-refractivity contribution is 5.84. The molecule has 0 spiro atoms. The van der Waals surface area contributed by atoms with Gasteiger partial charge in [0.2, 0.25) is 0 Å². The molecule has 1 aliphatic rings. The molecule has 3 heteroatoms. The Hall–Kier alpha value is -0.860. The molecule has 3 nitrogen and oxygen atoms in total. The molecule has 3 atom stereocenters. The van der Waals surface area contributed by atoms with Gasteiger partial charge in [0.05, 0.1) is 13.0 Å². The number of hydrogen-bond acceptors (Lipinski definition) is 3. The molecular formula is C14H24O3. The van der Waals surface area contributed by atoms with Gasteiger partial charge in [-0.1, -0.05) is 33.1 Å². The van der Waals surface area contributed by atoms with Gasteiger partial charge in [-0.2, -0.15) is 0 Å². The van der Waals surface area contributed by atoms with E-state index in [0.29, 0.717) is 12.2 Å². The number of Topliss-reactive ketones (excluding diaryl/α,β-unsaturated/α-hetero) is 1. The number of methoxy groups -OCH3 is 1. The Kier molecular flexibility index (Phi) is 5.66. The molecule has 0 saturated heterocycles. The van der Waals surface area contributed by atoms with Crippen LogP contribution in [0.4, 0.5) is 0 Å². The Bertz CT molecular complexity index is 273. The fourth-order valence-corrected chi connectivity index (χ4v) is 2.88. The number of carbonyl (C=O) groups is 2. The maximum Gasteiger partial charge on any atom is 0.308 e. The highest BCUT2D eigenvalue weighted by atomic mass is 16.5. The van der Waals surface area contributed by atoms with E-state index in [4.69, 9.17) is 4.74 Å². The van der Waals surface area contributed by atoms with Gasteiger partial charge in [0.15, 0.2) is 0 Å². The van der Waals surface area contributed by atoms with Crippen LogP contribution < -0.4 is 0 Å². The van der Waals surface area contributed by atoms with Gasteiger partial charge in [0.1, 0.15) is 5.78 Å². The second-order valence-corrected chi connectivity index (χ2v) is 5.08. The zero-order chi connectivity index (χ0) is 12.8. The zero-order valence-corrected chi connectivity index (χ0v) is 11.2. The molecule has 1 rings (SSSR count). The Morgan fingerprint density at radius 1 is 1.47 bits per heavy atom.